The van der Waals surface area contributed by atoms with Crippen LogP contribution in [0.4, 0.5) is 10.1 Å². The van der Waals surface area contributed by atoms with Crippen LogP contribution in [0.25, 0.3) is 0 Å². The molecule has 3 aromatic rings. The van der Waals surface area contributed by atoms with Crippen molar-refractivity contribution in [1.29, 1.82) is 0 Å². The normalized spacial score (nSPS) is 11.5. The highest BCUT2D eigenvalue weighted by atomic mass is 35.5. The Bertz CT molecular complexity index is 1090. The van der Waals surface area contributed by atoms with Crippen LogP contribution in [0.5, 0.6) is 0 Å². The van der Waals surface area contributed by atoms with E-state index in [2.05, 4.69) is 27.6 Å². The number of hydrogen-bond donors (Lipinski definition) is 2. The van der Waals surface area contributed by atoms with Gasteiger partial charge in [-0.25, -0.2) is 4.39 Å². The summed E-state index contributed by atoms with van der Waals surface area (Å²) >= 11 is 6.00. The van der Waals surface area contributed by atoms with Gasteiger partial charge >= 0.3 is 0 Å². The van der Waals surface area contributed by atoms with Gasteiger partial charge in [0.15, 0.2) is 0 Å². The highest BCUT2D eigenvalue weighted by Crippen LogP contribution is 2.14. The van der Waals surface area contributed by atoms with Crippen LogP contribution in [0.1, 0.15) is 34.2 Å². The van der Waals surface area contributed by atoms with E-state index in [-0.39, 0.29) is 17.7 Å². The average Bonchev–Trinajstić information content (AvgIpc) is 3.02. The summed E-state index contributed by atoms with van der Waals surface area (Å²) in [4.78, 5) is 17.2. The van der Waals surface area contributed by atoms with Gasteiger partial charge in [0.2, 0.25) is 5.96 Å². The minimum atomic E-state index is -0.345. The van der Waals surface area contributed by atoms with E-state index in [1.807, 2.05) is 18.5 Å². The van der Waals surface area contributed by atoms with Crippen molar-refractivity contribution in [1.82, 2.24) is 15.1 Å². The summed E-state index contributed by atoms with van der Waals surface area (Å²) in [5, 5.41) is 10.8. The number of rotatable bonds is 6. The number of benzene rings is 2. The third-order valence-electron chi connectivity index (χ3n) is 4.89. The van der Waals surface area contributed by atoms with Crippen molar-refractivity contribution >= 4 is 29.2 Å². The molecule has 0 atom stereocenters. The van der Waals surface area contributed by atoms with Crippen LogP contribution in [0.2, 0.25) is 5.02 Å². The lowest BCUT2D eigenvalue weighted by Crippen LogP contribution is -2.36. The standard InChI is InChI=1S/C23H25ClFN5O/c1-4-30-16(3)21(15(2)29-30)12-13-26-23(27-20-10-8-19(25)9-11-20)28-22(31)17-6-5-7-18(24)14-17/h5-11,14H,4,12-13H2,1-3H3,(H2,26,27,28,31). The number of carbonyl (C=O) groups excluding carboxylic acids is 1. The monoisotopic (exact) mass is 441 g/mol. The van der Waals surface area contributed by atoms with Gasteiger partial charge < -0.3 is 5.32 Å². The summed E-state index contributed by atoms with van der Waals surface area (Å²) in [7, 11) is 0. The molecule has 1 aromatic heterocycles. The molecule has 0 saturated heterocycles. The molecule has 0 aliphatic carbocycles. The number of aryl methyl sites for hydroxylation is 2. The maximum absolute atomic E-state index is 13.2. The predicted octanol–water partition coefficient (Wildman–Crippen LogP) is 4.75. The Morgan fingerprint density at radius 2 is 1.94 bits per heavy atom. The molecule has 0 aliphatic rings. The van der Waals surface area contributed by atoms with E-state index in [9.17, 15) is 9.18 Å². The topological polar surface area (TPSA) is 71.3 Å². The van der Waals surface area contributed by atoms with Crippen molar-refractivity contribution in [2.45, 2.75) is 33.7 Å². The summed E-state index contributed by atoms with van der Waals surface area (Å²) in [6.45, 7) is 7.33. The number of anilines is 1. The van der Waals surface area contributed by atoms with Gasteiger partial charge in [-0.2, -0.15) is 5.10 Å². The van der Waals surface area contributed by atoms with Gasteiger partial charge in [-0.15, -0.1) is 0 Å². The molecule has 8 heteroatoms. The lowest BCUT2D eigenvalue weighted by molar-refractivity contribution is 0.0977. The Hall–Kier alpha value is -3.19. The summed E-state index contributed by atoms with van der Waals surface area (Å²) < 4.78 is 15.2. The second-order valence-electron chi connectivity index (χ2n) is 7.04. The number of nitrogens with zero attached hydrogens (tertiary/aromatic N) is 3. The van der Waals surface area contributed by atoms with Gasteiger partial charge in [-0.1, -0.05) is 17.7 Å². The average molecular weight is 442 g/mol. The molecule has 2 N–H and O–H groups in total. The fourth-order valence-corrected chi connectivity index (χ4v) is 3.46. The van der Waals surface area contributed by atoms with Crippen LogP contribution < -0.4 is 10.6 Å². The Kier molecular flexibility index (Phi) is 7.41. The van der Waals surface area contributed by atoms with Gasteiger partial charge in [0.25, 0.3) is 5.91 Å². The molecule has 1 heterocycles. The van der Waals surface area contributed by atoms with Crippen molar-refractivity contribution in [3.05, 3.63) is 81.9 Å². The highest BCUT2D eigenvalue weighted by molar-refractivity contribution is 6.31. The molecule has 6 nitrogen and oxygen atoms in total. The number of guanidine groups is 1. The zero-order valence-electron chi connectivity index (χ0n) is 17.7. The smallest absolute Gasteiger partial charge is 0.258 e. The minimum Gasteiger partial charge on any atom is -0.326 e. The molecule has 0 spiro atoms. The van der Waals surface area contributed by atoms with Crippen LogP contribution in [0.3, 0.4) is 0 Å². The van der Waals surface area contributed by atoms with Crippen LogP contribution in [0, 0.1) is 19.7 Å². The zero-order chi connectivity index (χ0) is 22.4. The number of amides is 1. The van der Waals surface area contributed by atoms with Crippen LogP contribution in [0.15, 0.2) is 53.5 Å². The summed E-state index contributed by atoms with van der Waals surface area (Å²) in [5.41, 5.74) is 4.26. The van der Waals surface area contributed by atoms with Crippen molar-refractivity contribution in [3.63, 3.8) is 0 Å². The molecule has 0 aliphatic heterocycles. The fourth-order valence-electron chi connectivity index (χ4n) is 3.27. The largest absolute Gasteiger partial charge is 0.326 e. The SMILES string of the molecule is CCn1nc(C)c(CCN=C(NC(=O)c2cccc(Cl)c2)Nc2ccc(F)cc2)c1C. The van der Waals surface area contributed by atoms with Crippen LogP contribution in [-0.4, -0.2) is 28.2 Å². The first kappa shape index (κ1) is 22.5. The molecule has 31 heavy (non-hydrogen) atoms. The Balaban J connectivity index is 1.78. The van der Waals surface area contributed by atoms with Gasteiger partial charge in [0.05, 0.1) is 5.69 Å². The van der Waals surface area contributed by atoms with Crippen molar-refractivity contribution in [2.24, 2.45) is 4.99 Å². The third-order valence-corrected chi connectivity index (χ3v) is 5.12. The first-order valence-corrected chi connectivity index (χ1v) is 10.4. The first-order valence-electron chi connectivity index (χ1n) is 10.0. The zero-order valence-corrected chi connectivity index (χ0v) is 18.5. The summed E-state index contributed by atoms with van der Waals surface area (Å²) in [5.74, 6) is -0.414. The van der Waals surface area contributed by atoms with Gasteiger partial charge in [0.1, 0.15) is 5.82 Å². The molecule has 0 unspecified atom stereocenters. The number of aliphatic imine (C=N–C) groups is 1. The van der Waals surface area contributed by atoms with Gasteiger partial charge in [-0.05, 0) is 75.2 Å². The summed E-state index contributed by atoms with van der Waals surface area (Å²) in [6, 6.07) is 12.5. The molecule has 0 saturated carbocycles. The Morgan fingerprint density at radius 3 is 2.58 bits per heavy atom. The predicted molar refractivity (Wildman–Crippen MR) is 122 cm³/mol. The van der Waals surface area contributed by atoms with Gasteiger partial charge in [0, 0.05) is 35.1 Å². The molecule has 162 valence electrons. The number of halogens is 2. The van der Waals surface area contributed by atoms with E-state index in [1.54, 1.807) is 36.4 Å². The van der Waals surface area contributed by atoms with E-state index in [0.717, 1.165) is 23.5 Å². The van der Waals surface area contributed by atoms with Crippen molar-refractivity contribution in [2.75, 3.05) is 11.9 Å². The molecule has 0 fully saturated rings. The fraction of sp³-hybridized carbons (Fsp3) is 0.261. The molecule has 2 aromatic carbocycles. The number of carbonyl (C=O) groups is 1. The molecule has 3 rings (SSSR count). The number of aromatic nitrogens is 2. The molecule has 1 amide bonds. The van der Waals surface area contributed by atoms with E-state index in [1.165, 1.54) is 12.1 Å². The van der Waals surface area contributed by atoms with Crippen LogP contribution >= 0.6 is 11.6 Å². The lowest BCUT2D eigenvalue weighted by Gasteiger charge is -2.12. The van der Waals surface area contributed by atoms with E-state index in [4.69, 9.17) is 11.6 Å². The lowest BCUT2D eigenvalue weighted by atomic mass is 10.1. The summed E-state index contributed by atoms with van der Waals surface area (Å²) in [6.07, 6.45) is 0.680. The Morgan fingerprint density at radius 1 is 1.19 bits per heavy atom. The third kappa shape index (κ3) is 5.92. The van der Waals surface area contributed by atoms with E-state index < -0.39 is 0 Å². The van der Waals surface area contributed by atoms with E-state index in [0.29, 0.717) is 29.2 Å². The minimum absolute atomic E-state index is 0.273. The molecule has 0 radical (unpaired) electrons. The quantitative estimate of drug-likeness (QED) is 0.428. The maximum atomic E-state index is 13.2. The second kappa shape index (κ2) is 10.2. The van der Waals surface area contributed by atoms with Crippen LogP contribution in [-0.2, 0) is 13.0 Å². The number of nitrogens with one attached hydrogen (secondary N) is 2. The van der Waals surface area contributed by atoms with Crippen molar-refractivity contribution in [3.8, 4) is 0 Å². The molecular formula is C23H25ClFN5O. The first-order chi connectivity index (χ1) is 14.9. The van der Waals surface area contributed by atoms with Crippen molar-refractivity contribution < 1.29 is 9.18 Å². The van der Waals surface area contributed by atoms with Gasteiger partial charge in [-0.3, -0.25) is 19.8 Å². The number of hydrogen-bond acceptors (Lipinski definition) is 3. The Labute approximate surface area is 186 Å². The van der Waals surface area contributed by atoms with E-state index >= 15 is 0 Å². The highest BCUT2D eigenvalue weighted by Gasteiger charge is 2.12. The maximum Gasteiger partial charge on any atom is 0.258 e. The molecule has 0 bridgehead atoms. The second-order valence-corrected chi connectivity index (χ2v) is 7.48. The molecular weight excluding hydrogens is 417 g/mol.